The quantitative estimate of drug-likeness (QED) is 0.573. The zero-order valence-corrected chi connectivity index (χ0v) is 18.6. The topological polar surface area (TPSA) is 54.5 Å². The Balaban J connectivity index is 1.25. The molecule has 0 spiro atoms. The Labute approximate surface area is 190 Å². The van der Waals surface area contributed by atoms with E-state index in [2.05, 4.69) is 28.2 Å². The smallest absolute Gasteiger partial charge is 0.251 e. The van der Waals surface area contributed by atoms with Crippen molar-refractivity contribution < 1.29 is 9.53 Å². The number of carbonyl (C=O) groups is 1. The number of hydrogen-bond donors (Lipinski definition) is 1. The van der Waals surface area contributed by atoms with Gasteiger partial charge in [0.1, 0.15) is 11.9 Å². The fourth-order valence-corrected chi connectivity index (χ4v) is 4.21. The Kier molecular flexibility index (Phi) is 7.51. The number of nitrogens with zero attached hydrogens (tertiary/aromatic N) is 2. The maximum atomic E-state index is 12.6. The van der Waals surface area contributed by atoms with Crippen molar-refractivity contribution in [3.05, 3.63) is 95.8 Å². The third-order valence-electron chi connectivity index (χ3n) is 6.05. The molecule has 3 aromatic rings. The Morgan fingerprint density at radius 3 is 2.59 bits per heavy atom. The maximum Gasteiger partial charge on any atom is 0.251 e. The monoisotopic (exact) mass is 429 g/mol. The van der Waals surface area contributed by atoms with E-state index in [1.54, 1.807) is 0 Å². The van der Waals surface area contributed by atoms with Crippen LogP contribution in [0.3, 0.4) is 0 Å². The van der Waals surface area contributed by atoms with E-state index in [4.69, 9.17) is 4.74 Å². The molecule has 32 heavy (non-hydrogen) atoms. The van der Waals surface area contributed by atoms with Gasteiger partial charge in [-0.05, 0) is 61.6 Å². The van der Waals surface area contributed by atoms with Crippen molar-refractivity contribution >= 4 is 5.91 Å². The molecule has 0 aliphatic carbocycles. The molecule has 166 valence electrons. The Bertz CT molecular complexity index is 986. The number of rotatable bonds is 8. The van der Waals surface area contributed by atoms with Crippen molar-refractivity contribution in [3.63, 3.8) is 0 Å². The molecule has 2 aromatic carbocycles. The van der Waals surface area contributed by atoms with E-state index in [-0.39, 0.29) is 12.0 Å². The molecule has 5 nitrogen and oxygen atoms in total. The second-order valence-electron chi connectivity index (χ2n) is 8.46. The number of pyridine rings is 1. The summed E-state index contributed by atoms with van der Waals surface area (Å²) < 4.78 is 6.24. The number of amides is 1. The normalized spacial score (nSPS) is 15.8. The fraction of sp³-hybridized carbons (Fsp3) is 0.333. The zero-order valence-electron chi connectivity index (χ0n) is 18.6. The largest absolute Gasteiger partial charge is 0.490 e. The number of carbonyl (C=O) groups excluding carboxylic acids is 1. The first-order chi connectivity index (χ1) is 15.7. The van der Waals surface area contributed by atoms with E-state index >= 15 is 0 Å². The fourth-order valence-electron chi connectivity index (χ4n) is 4.21. The molecule has 0 bridgehead atoms. The van der Waals surface area contributed by atoms with Crippen molar-refractivity contribution in [2.75, 3.05) is 13.1 Å². The summed E-state index contributed by atoms with van der Waals surface area (Å²) in [6.07, 6.45) is 6.94. The average molecular weight is 430 g/mol. The van der Waals surface area contributed by atoms with E-state index < -0.39 is 0 Å². The van der Waals surface area contributed by atoms with Crippen molar-refractivity contribution in [2.45, 2.75) is 44.9 Å². The summed E-state index contributed by atoms with van der Waals surface area (Å²) in [5, 5.41) is 2.98. The minimum absolute atomic E-state index is 0.0849. The van der Waals surface area contributed by atoms with Crippen molar-refractivity contribution in [2.24, 2.45) is 0 Å². The number of ether oxygens (including phenoxy) is 1. The molecule has 2 heterocycles. The van der Waals surface area contributed by atoms with Crippen LogP contribution >= 0.6 is 0 Å². The highest BCUT2D eigenvalue weighted by Gasteiger charge is 2.24. The van der Waals surface area contributed by atoms with Gasteiger partial charge in [-0.3, -0.25) is 9.78 Å². The summed E-state index contributed by atoms with van der Waals surface area (Å²) in [7, 11) is 0. The average Bonchev–Trinajstić information content (AvgIpc) is 2.84. The molecule has 1 aliphatic heterocycles. The molecule has 5 heteroatoms. The lowest BCUT2D eigenvalue weighted by molar-refractivity contribution is 0.0795. The first-order valence-corrected chi connectivity index (χ1v) is 11.4. The lowest BCUT2D eigenvalue weighted by Crippen LogP contribution is -2.43. The molecule has 1 atom stereocenters. The molecule has 1 aliphatic rings. The lowest BCUT2D eigenvalue weighted by atomic mass is 10.0. The molecule has 0 saturated carbocycles. The van der Waals surface area contributed by atoms with Crippen LogP contribution in [0, 0.1) is 0 Å². The van der Waals surface area contributed by atoms with E-state index in [0.717, 1.165) is 43.7 Å². The van der Waals surface area contributed by atoms with Crippen LogP contribution < -0.4 is 10.1 Å². The van der Waals surface area contributed by atoms with Gasteiger partial charge in [0.15, 0.2) is 0 Å². The molecule has 1 amide bonds. The highest BCUT2D eigenvalue weighted by molar-refractivity contribution is 5.94. The molecule has 1 fully saturated rings. The second kappa shape index (κ2) is 10.9. The highest BCUT2D eigenvalue weighted by atomic mass is 16.5. The van der Waals surface area contributed by atoms with E-state index in [9.17, 15) is 4.79 Å². The molecule has 1 unspecified atom stereocenters. The minimum Gasteiger partial charge on any atom is -0.490 e. The number of aromatic nitrogens is 1. The van der Waals surface area contributed by atoms with Gasteiger partial charge in [0.25, 0.3) is 5.91 Å². The number of nitrogens with one attached hydrogen (secondary N) is 1. The molecule has 1 aromatic heterocycles. The van der Waals surface area contributed by atoms with Crippen molar-refractivity contribution in [3.8, 4) is 5.75 Å². The Morgan fingerprint density at radius 1 is 1.06 bits per heavy atom. The van der Waals surface area contributed by atoms with Gasteiger partial charge in [-0.1, -0.05) is 42.5 Å². The van der Waals surface area contributed by atoms with Crippen LogP contribution in [-0.2, 0) is 13.0 Å². The van der Waals surface area contributed by atoms with Gasteiger partial charge in [-0.2, -0.15) is 0 Å². The number of piperidine rings is 1. The summed E-state index contributed by atoms with van der Waals surface area (Å²) >= 11 is 0. The van der Waals surface area contributed by atoms with Crippen LogP contribution in [-0.4, -0.2) is 41.0 Å². The van der Waals surface area contributed by atoms with E-state index in [1.165, 1.54) is 5.56 Å². The molecule has 0 radical (unpaired) electrons. The minimum atomic E-state index is -0.0849. The van der Waals surface area contributed by atoms with Crippen LogP contribution in [0.5, 0.6) is 5.75 Å². The van der Waals surface area contributed by atoms with Gasteiger partial charge < -0.3 is 15.0 Å². The molecular formula is C27H31N3O2. The zero-order chi connectivity index (χ0) is 22.2. The number of likely N-dealkylation sites (tertiary alicyclic amines) is 1. The predicted octanol–water partition coefficient (Wildman–Crippen LogP) is 4.49. The molecule has 1 N–H and O–H groups in total. The second-order valence-corrected chi connectivity index (χ2v) is 8.46. The van der Waals surface area contributed by atoms with Crippen molar-refractivity contribution in [1.29, 1.82) is 0 Å². The summed E-state index contributed by atoms with van der Waals surface area (Å²) in [5.41, 5.74) is 2.99. The predicted molar refractivity (Wildman–Crippen MR) is 127 cm³/mol. The van der Waals surface area contributed by atoms with Gasteiger partial charge >= 0.3 is 0 Å². The summed E-state index contributed by atoms with van der Waals surface area (Å²) in [4.78, 5) is 19.3. The lowest BCUT2D eigenvalue weighted by Gasteiger charge is -2.36. The third-order valence-corrected chi connectivity index (χ3v) is 6.05. The first kappa shape index (κ1) is 22.0. The standard InChI is InChI=1S/C27H31N3O2/c1-21(17-23-9-6-14-28-19-23)30-15-12-25(13-16-30)32-26-11-5-10-24(18-26)27(31)29-20-22-7-3-2-4-8-22/h2-11,14,18-19,21,25H,12-13,15-17,20H2,1H3,(H,29,31). The molecule has 4 rings (SSSR count). The molecule has 1 saturated heterocycles. The van der Waals surface area contributed by atoms with Crippen LogP contribution in [0.4, 0.5) is 0 Å². The van der Waals surface area contributed by atoms with Crippen LogP contribution in [0.1, 0.15) is 41.3 Å². The summed E-state index contributed by atoms with van der Waals surface area (Å²) in [5.74, 6) is 0.678. The number of hydrogen-bond acceptors (Lipinski definition) is 4. The highest BCUT2D eigenvalue weighted by Crippen LogP contribution is 2.22. The van der Waals surface area contributed by atoms with Gasteiger partial charge in [0.2, 0.25) is 0 Å². The van der Waals surface area contributed by atoms with Gasteiger partial charge in [-0.15, -0.1) is 0 Å². The third kappa shape index (κ3) is 6.17. The summed E-state index contributed by atoms with van der Waals surface area (Å²) in [6.45, 7) is 4.83. The molecular weight excluding hydrogens is 398 g/mol. The number of benzene rings is 2. The first-order valence-electron chi connectivity index (χ1n) is 11.4. The van der Waals surface area contributed by atoms with E-state index in [0.29, 0.717) is 18.2 Å². The van der Waals surface area contributed by atoms with Crippen molar-refractivity contribution in [1.82, 2.24) is 15.2 Å². The summed E-state index contributed by atoms with van der Waals surface area (Å²) in [6, 6.07) is 22.0. The SMILES string of the molecule is CC(Cc1cccnc1)N1CCC(Oc2cccc(C(=O)NCc3ccccc3)c2)CC1. The van der Waals surface area contributed by atoms with Crippen LogP contribution in [0.2, 0.25) is 0 Å². The van der Waals surface area contributed by atoms with Crippen LogP contribution in [0.15, 0.2) is 79.1 Å². The van der Waals surface area contributed by atoms with Gasteiger partial charge in [-0.25, -0.2) is 0 Å². The van der Waals surface area contributed by atoms with Gasteiger partial charge in [0, 0.05) is 43.6 Å². The maximum absolute atomic E-state index is 12.6. The van der Waals surface area contributed by atoms with Gasteiger partial charge in [0.05, 0.1) is 0 Å². The van der Waals surface area contributed by atoms with Crippen LogP contribution in [0.25, 0.3) is 0 Å². The Hall–Kier alpha value is -3.18. The Morgan fingerprint density at radius 2 is 1.84 bits per heavy atom. The van der Waals surface area contributed by atoms with E-state index in [1.807, 2.05) is 73.1 Å².